The van der Waals surface area contributed by atoms with Gasteiger partial charge in [0.1, 0.15) is 0 Å². The normalized spacial score (nSPS) is 14.3. The third-order valence-corrected chi connectivity index (χ3v) is 5.51. The minimum absolute atomic E-state index is 0.0770. The number of hydrogen-bond acceptors (Lipinski definition) is 4. The zero-order valence-corrected chi connectivity index (χ0v) is 18.0. The molecule has 1 heterocycles. The first kappa shape index (κ1) is 22.5. The van der Waals surface area contributed by atoms with Gasteiger partial charge in [0.05, 0.1) is 13.0 Å². The predicted molar refractivity (Wildman–Crippen MR) is 121 cm³/mol. The summed E-state index contributed by atoms with van der Waals surface area (Å²) in [7, 11) is 0. The van der Waals surface area contributed by atoms with Crippen LogP contribution in [0.5, 0.6) is 0 Å². The van der Waals surface area contributed by atoms with Crippen LogP contribution in [-0.4, -0.2) is 66.8 Å². The van der Waals surface area contributed by atoms with Crippen LogP contribution in [-0.2, 0) is 20.8 Å². The lowest BCUT2D eigenvalue weighted by molar-refractivity contribution is -0.132. The van der Waals surface area contributed by atoms with Gasteiger partial charge in [0.2, 0.25) is 17.7 Å². The Morgan fingerprint density at radius 1 is 0.935 bits per heavy atom. The fourth-order valence-corrected chi connectivity index (χ4v) is 3.65. The topological polar surface area (TPSA) is 87.0 Å². The molecule has 0 spiro atoms. The Morgan fingerprint density at radius 3 is 2.19 bits per heavy atom. The predicted octanol–water partition coefficient (Wildman–Crippen LogP) is 1.59. The van der Waals surface area contributed by atoms with Gasteiger partial charge in [0, 0.05) is 44.8 Å². The van der Waals surface area contributed by atoms with Crippen molar-refractivity contribution in [3.63, 3.8) is 0 Å². The van der Waals surface area contributed by atoms with Crippen molar-refractivity contribution in [2.75, 3.05) is 44.2 Å². The molecule has 3 amide bonds. The summed E-state index contributed by atoms with van der Waals surface area (Å²) in [6, 6.07) is 17.3. The molecule has 164 valence electrons. The maximum absolute atomic E-state index is 13.0. The van der Waals surface area contributed by atoms with E-state index in [4.69, 9.17) is 5.73 Å². The largest absolute Gasteiger partial charge is 0.370 e. The number of rotatable bonds is 8. The van der Waals surface area contributed by atoms with Crippen molar-refractivity contribution in [1.82, 2.24) is 9.80 Å². The van der Waals surface area contributed by atoms with Crippen molar-refractivity contribution in [3.8, 4) is 0 Å². The molecule has 1 aliphatic heterocycles. The SMILES string of the molecule is Cc1ccc(CC(=O)N2CCN(CC(=O)N(CCC(N)=O)c3ccccc3)CC2)cc1. The summed E-state index contributed by atoms with van der Waals surface area (Å²) in [5, 5.41) is 0. The van der Waals surface area contributed by atoms with Crippen LogP contribution in [0.15, 0.2) is 54.6 Å². The zero-order chi connectivity index (χ0) is 22.2. The molecule has 1 aliphatic rings. The Morgan fingerprint density at radius 2 is 1.58 bits per heavy atom. The van der Waals surface area contributed by atoms with Crippen molar-refractivity contribution < 1.29 is 14.4 Å². The van der Waals surface area contributed by atoms with Crippen LogP contribution in [0.1, 0.15) is 17.5 Å². The smallest absolute Gasteiger partial charge is 0.241 e. The number of benzene rings is 2. The quantitative estimate of drug-likeness (QED) is 0.700. The Labute approximate surface area is 183 Å². The van der Waals surface area contributed by atoms with Crippen molar-refractivity contribution in [2.24, 2.45) is 5.73 Å². The minimum Gasteiger partial charge on any atom is -0.370 e. The van der Waals surface area contributed by atoms with E-state index in [2.05, 4.69) is 4.90 Å². The molecule has 0 radical (unpaired) electrons. The summed E-state index contributed by atoms with van der Waals surface area (Å²) >= 11 is 0. The Balaban J connectivity index is 1.52. The van der Waals surface area contributed by atoms with E-state index in [1.54, 1.807) is 4.90 Å². The summed E-state index contributed by atoms with van der Waals surface area (Å²) in [6.07, 6.45) is 0.510. The van der Waals surface area contributed by atoms with Crippen LogP contribution in [0.2, 0.25) is 0 Å². The van der Waals surface area contributed by atoms with Gasteiger partial charge in [-0.3, -0.25) is 19.3 Å². The monoisotopic (exact) mass is 422 g/mol. The van der Waals surface area contributed by atoms with E-state index in [9.17, 15) is 14.4 Å². The molecule has 0 unspecified atom stereocenters. The zero-order valence-electron chi connectivity index (χ0n) is 18.0. The Kier molecular flexibility index (Phi) is 7.78. The average Bonchev–Trinajstić information content (AvgIpc) is 2.76. The molecule has 0 saturated carbocycles. The number of nitrogens with two attached hydrogens (primary N) is 1. The van der Waals surface area contributed by atoms with Crippen molar-refractivity contribution >= 4 is 23.4 Å². The molecule has 2 aromatic carbocycles. The average molecular weight is 423 g/mol. The summed E-state index contributed by atoms with van der Waals surface area (Å²) < 4.78 is 0. The van der Waals surface area contributed by atoms with E-state index in [0.717, 1.165) is 11.3 Å². The second-order valence-corrected chi connectivity index (χ2v) is 7.92. The molecule has 1 fully saturated rings. The van der Waals surface area contributed by atoms with E-state index < -0.39 is 5.91 Å². The molecule has 1 saturated heterocycles. The Bertz CT molecular complexity index is 891. The van der Waals surface area contributed by atoms with Gasteiger partial charge in [-0.05, 0) is 24.6 Å². The highest BCUT2D eigenvalue weighted by molar-refractivity contribution is 5.95. The van der Waals surface area contributed by atoms with E-state index in [-0.39, 0.29) is 31.3 Å². The van der Waals surface area contributed by atoms with Crippen molar-refractivity contribution in [2.45, 2.75) is 19.8 Å². The summed E-state index contributed by atoms with van der Waals surface area (Å²) in [5.41, 5.74) is 8.23. The molecular formula is C24H30N4O3. The van der Waals surface area contributed by atoms with Gasteiger partial charge < -0.3 is 15.5 Å². The molecular weight excluding hydrogens is 392 g/mol. The molecule has 3 rings (SSSR count). The number of nitrogens with zero attached hydrogens (tertiary/aromatic N) is 3. The first-order chi connectivity index (χ1) is 14.9. The number of aryl methyl sites for hydroxylation is 1. The van der Waals surface area contributed by atoms with E-state index >= 15 is 0 Å². The summed E-state index contributed by atoms with van der Waals surface area (Å²) in [5.74, 6) is -0.400. The van der Waals surface area contributed by atoms with Crippen LogP contribution in [0.3, 0.4) is 0 Å². The lowest BCUT2D eigenvalue weighted by Gasteiger charge is -2.35. The maximum atomic E-state index is 13.0. The molecule has 7 heteroatoms. The third-order valence-electron chi connectivity index (χ3n) is 5.51. The maximum Gasteiger partial charge on any atom is 0.241 e. The fraction of sp³-hybridized carbons (Fsp3) is 0.375. The summed E-state index contributed by atoms with van der Waals surface area (Å²) in [6.45, 7) is 5.02. The highest BCUT2D eigenvalue weighted by atomic mass is 16.2. The molecule has 0 aliphatic carbocycles. The van der Waals surface area contributed by atoms with Crippen LogP contribution >= 0.6 is 0 Å². The molecule has 0 bridgehead atoms. The Hall–Kier alpha value is -3.19. The second kappa shape index (κ2) is 10.7. The lowest BCUT2D eigenvalue weighted by Crippen LogP contribution is -2.52. The standard InChI is InChI=1S/C24H30N4O3/c1-19-7-9-20(10-8-19)17-23(30)27-15-13-26(14-16-27)18-24(31)28(12-11-22(25)29)21-5-3-2-4-6-21/h2-10H,11-18H2,1H3,(H2,25,29). The molecule has 7 nitrogen and oxygen atoms in total. The number of para-hydroxylation sites is 1. The van der Waals surface area contributed by atoms with Gasteiger partial charge >= 0.3 is 0 Å². The molecule has 0 atom stereocenters. The number of amides is 3. The first-order valence-corrected chi connectivity index (χ1v) is 10.6. The van der Waals surface area contributed by atoms with Gasteiger partial charge in [0.15, 0.2) is 0 Å². The van der Waals surface area contributed by atoms with Gasteiger partial charge in [-0.2, -0.15) is 0 Å². The first-order valence-electron chi connectivity index (χ1n) is 10.6. The number of piperazine rings is 1. The molecule has 31 heavy (non-hydrogen) atoms. The fourth-order valence-electron chi connectivity index (χ4n) is 3.65. The van der Waals surface area contributed by atoms with Gasteiger partial charge in [-0.15, -0.1) is 0 Å². The highest BCUT2D eigenvalue weighted by Crippen LogP contribution is 2.15. The third kappa shape index (κ3) is 6.65. The van der Waals surface area contributed by atoms with Crippen LogP contribution < -0.4 is 10.6 Å². The van der Waals surface area contributed by atoms with E-state index in [1.165, 1.54) is 5.56 Å². The molecule has 0 aromatic heterocycles. The van der Waals surface area contributed by atoms with Crippen LogP contribution in [0.25, 0.3) is 0 Å². The van der Waals surface area contributed by atoms with Crippen molar-refractivity contribution in [3.05, 3.63) is 65.7 Å². The van der Waals surface area contributed by atoms with Gasteiger partial charge in [-0.25, -0.2) is 0 Å². The van der Waals surface area contributed by atoms with Gasteiger partial charge in [0.25, 0.3) is 0 Å². The number of hydrogen-bond donors (Lipinski definition) is 1. The summed E-state index contributed by atoms with van der Waals surface area (Å²) in [4.78, 5) is 42.3. The van der Waals surface area contributed by atoms with Crippen LogP contribution in [0, 0.1) is 6.92 Å². The van der Waals surface area contributed by atoms with Gasteiger partial charge in [-0.1, -0.05) is 48.0 Å². The molecule has 2 aromatic rings. The second-order valence-electron chi connectivity index (χ2n) is 7.92. The minimum atomic E-state index is -0.436. The van der Waals surface area contributed by atoms with E-state index in [0.29, 0.717) is 32.6 Å². The number of anilines is 1. The molecule has 2 N–H and O–H groups in total. The van der Waals surface area contributed by atoms with E-state index in [1.807, 2.05) is 66.4 Å². The van der Waals surface area contributed by atoms with Crippen LogP contribution in [0.4, 0.5) is 5.69 Å². The number of primary amides is 1. The lowest BCUT2D eigenvalue weighted by atomic mass is 10.1. The number of carbonyl (C=O) groups is 3. The number of carbonyl (C=O) groups excluding carboxylic acids is 3. The van der Waals surface area contributed by atoms with Crippen molar-refractivity contribution in [1.29, 1.82) is 0 Å². The highest BCUT2D eigenvalue weighted by Gasteiger charge is 2.25.